The van der Waals surface area contributed by atoms with E-state index in [0.717, 1.165) is 25.7 Å². The van der Waals surface area contributed by atoms with Crippen molar-refractivity contribution in [1.29, 1.82) is 0 Å². The Morgan fingerprint density at radius 3 is 2.76 bits per heavy atom. The summed E-state index contributed by atoms with van der Waals surface area (Å²) in [5.41, 5.74) is 6.36. The fourth-order valence-electron chi connectivity index (χ4n) is 3.46. The molecule has 0 aromatic carbocycles. The molecule has 4 atom stereocenters. The Morgan fingerprint density at radius 1 is 1.24 bits per heavy atom. The first-order chi connectivity index (χ1) is 8.26. The lowest BCUT2D eigenvalue weighted by Crippen LogP contribution is -2.58. The Hall–Kier alpha value is -0.120. The van der Waals surface area contributed by atoms with Gasteiger partial charge in [-0.1, -0.05) is 20.3 Å². The number of hydrogen-bond donors (Lipinski definition) is 1. The molecule has 4 unspecified atom stereocenters. The van der Waals surface area contributed by atoms with Crippen LogP contribution in [-0.4, -0.2) is 42.8 Å². The van der Waals surface area contributed by atoms with Crippen molar-refractivity contribution >= 4 is 0 Å². The van der Waals surface area contributed by atoms with Crippen molar-refractivity contribution in [2.75, 3.05) is 19.8 Å². The molecule has 2 rings (SSSR count). The maximum absolute atomic E-state index is 6.36. The Morgan fingerprint density at radius 2 is 2.06 bits per heavy atom. The topological polar surface area (TPSA) is 38.5 Å². The SMILES string of the molecule is CCC1CCC(N)C(N2CCOCC2CC)C1. The van der Waals surface area contributed by atoms with E-state index in [1.54, 1.807) is 0 Å². The first-order valence-corrected chi connectivity index (χ1v) is 7.35. The quantitative estimate of drug-likeness (QED) is 0.820. The van der Waals surface area contributed by atoms with Crippen molar-refractivity contribution < 1.29 is 4.74 Å². The zero-order valence-electron chi connectivity index (χ0n) is 11.4. The second kappa shape index (κ2) is 6.17. The summed E-state index contributed by atoms with van der Waals surface area (Å²) in [6.07, 6.45) is 6.32. The number of hydrogen-bond acceptors (Lipinski definition) is 3. The van der Waals surface area contributed by atoms with Crippen LogP contribution < -0.4 is 5.73 Å². The minimum absolute atomic E-state index is 0.380. The number of rotatable bonds is 3. The summed E-state index contributed by atoms with van der Waals surface area (Å²) in [6.45, 7) is 7.44. The maximum atomic E-state index is 6.36. The molecule has 1 heterocycles. The second-order valence-electron chi connectivity index (χ2n) is 5.69. The van der Waals surface area contributed by atoms with E-state index in [1.165, 1.54) is 32.1 Å². The van der Waals surface area contributed by atoms with Crippen LogP contribution in [0.1, 0.15) is 46.0 Å². The lowest BCUT2D eigenvalue weighted by Gasteiger charge is -2.46. The highest BCUT2D eigenvalue weighted by molar-refractivity contribution is 4.92. The van der Waals surface area contributed by atoms with Gasteiger partial charge in [0.25, 0.3) is 0 Å². The number of nitrogens with zero attached hydrogens (tertiary/aromatic N) is 1. The van der Waals surface area contributed by atoms with E-state index in [1.807, 2.05) is 0 Å². The third-order valence-corrected chi connectivity index (χ3v) is 4.72. The number of nitrogens with two attached hydrogens (primary N) is 1. The Bertz CT molecular complexity index is 234. The molecule has 0 bridgehead atoms. The standard InChI is InChI=1S/C14H28N2O/c1-3-11-5-6-13(15)14(9-11)16-7-8-17-10-12(16)4-2/h11-14H,3-10,15H2,1-2H3. The van der Waals surface area contributed by atoms with Crippen LogP contribution >= 0.6 is 0 Å². The summed E-state index contributed by atoms with van der Waals surface area (Å²) < 4.78 is 5.60. The van der Waals surface area contributed by atoms with E-state index in [0.29, 0.717) is 18.1 Å². The summed E-state index contributed by atoms with van der Waals surface area (Å²) in [5.74, 6) is 0.889. The molecule has 2 fully saturated rings. The Labute approximate surface area is 106 Å². The Kier molecular flexibility index (Phi) is 4.83. The van der Waals surface area contributed by atoms with Gasteiger partial charge < -0.3 is 10.5 Å². The molecule has 0 radical (unpaired) electrons. The molecule has 1 aliphatic carbocycles. The predicted octanol–water partition coefficient (Wildman–Crippen LogP) is 2.00. The molecule has 2 aliphatic rings. The third-order valence-electron chi connectivity index (χ3n) is 4.72. The first-order valence-electron chi connectivity index (χ1n) is 7.35. The predicted molar refractivity (Wildman–Crippen MR) is 71.0 cm³/mol. The first kappa shape index (κ1) is 13.3. The average Bonchev–Trinajstić information content (AvgIpc) is 2.39. The van der Waals surface area contributed by atoms with E-state index in [2.05, 4.69) is 18.7 Å². The van der Waals surface area contributed by atoms with Crippen LogP contribution in [0.3, 0.4) is 0 Å². The van der Waals surface area contributed by atoms with E-state index in [4.69, 9.17) is 10.5 Å². The maximum Gasteiger partial charge on any atom is 0.0622 e. The summed E-state index contributed by atoms with van der Waals surface area (Å²) in [6, 6.07) is 1.57. The minimum atomic E-state index is 0.380. The van der Waals surface area contributed by atoms with Gasteiger partial charge in [-0.25, -0.2) is 0 Å². The van der Waals surface area contributed by atoms with Gasteiger partial charge in [0.1, 0.15) is 0 Å². The van der Waals surface area contributed by atoms with Gasteiger partial charge in [-0.05, 0) is 31.6 Å². The van der Waals surface area contributed by atoms with Gasteiger partial charge in [-0.15, -0.1) is 0 Å². The van der Waals surface area contributed by atoms with E-state index < -0.39 is 0 Å². The van der Waals surface area contributed by atoms with Gasteiger partial charge in [0.15, 0.2) is 0 Å². The van der Waals surface area contributed by atoms with Crippen LogP contribution in [-0.2, 0) is 4.74 Å². The van der Waals surface area contributed by atoms with E-state index >= 15 is 0 Å². The van der Waals surface area contributed by atoms with Gasteiger partial charge in [-0.3, -0.25) is 4.90 Å². The van der Waals surface area contributed by atoms with Crippen molar-refractivity contribution in [3.05, 3.63) is 0 Å². The molecule has 1 saturated heterocycles. The normalized spacial score (nSPS) is 40.4. The van der Waals surface area contributed by atoms with Crippen molar-refractivity contribution in [1.82, 2.24) is 4.90 Å². The van der Waals surface area contributed by atoms with Crippen molar-refractivity contribution in [3.8, 4) is 0 Å². The van der Waals surface area contributed by atoms with Gasteiger partial charge in [0.2, 0.25) is 0 Å². The molecule has 3 nitrogen and oxygen atoms in total. The van der Waals surface area contributed by atoms with Gasteiger partial charge in [0, 0.05) is 24.7 Å². The van der Waals surface area contributed by atoms with Crippen LogP contribution in [0.25, 0.3) is 0 Å². The molecule has 0 aromatic rings. The highest BCUT2D eigenvalue weighted by Crippen LogP contribution is 2.31. The molecule has 1 aliphatic heterocycles. The molecule has 3 heteroatoms. The van der Waals surface area contributed by atoms with Crippen LogP contribution in [0.15, 0.2) is 0 Å². The Balaban J connectivity index is 2.01. The summed E-state index contributed by atoms with van der Waals surface area (Å²) in [7, 11) is 0. The number of ether oxygens (including phenoxy) is 1. The summed E-state index contributed by atoms with van der Waals surface area (Å²) in [4.78, 5) is 2.65. The molecular weight excluding hydrogens is 212 g/mol. The van der Waals surface area contributed by atoms with E-state index in [9.17, 15) is 0 Å². The van der Waals surface area contributed by atoms with Crippen molar-refractivity contribution in [3.63, 3.8) is 0 Å². The lowest BCUT2D eigenvalue weighted by molar-refractivity contribution is -0.0462. The van der Waals surface area contributed by atoms with E-state index in [-0.39, 0.29) is 0 Å². The van der Waals surface area contributed by atoms with Gasteiger partial charge >= 0.3 is 0 Å². The smallest absolute Gasteiger partial charge is 0.0622 e. The molecule has 1 saturated carbocycles. The highest BCUT2D eigenvalue weighted by Gasteiger charge is 2.35. The van der Waals surface area contributed by atoms with Crippen molar-refractivity contribution in [2.24, 2.45) is 11.7 Å². The van der Waals surface area contributed by atoms with Gasteiger partial charge in [-0.2, -0.15) is 0 Å². The average molecular weight is 240 g/mol. The molecule has 100 valence electrons. The number of morpholine rings is 1. The molecule has 17 heavy (non-hydrogen) atoms. The zero-order valence-corrected chi connectivity index (χ0v) is 11.4. The monoisotopic (exact) mass is 240 g/mol. The fourth-order valence-corrected chi connectivity index (χ4v) is 3.46. The van der Waals surface area contributed by atoms with Crippen molar-refractivity contribution in [2.45, 2.75) is 64.1 Å². The van der Waals surface area contributed by atoms with Crippen LogP contribution in [0.2, 0.25) is 0 Å². The second-order valence-corrected chi connectivity index (χ2v) is 5.69. The molecular formula is C14H28N2O. The van der Waals surface area contributed by atoms with Crippen LogP contribution in [0.5, 0.6) is 0 Å². The highest BCUT2D eigenvalue weighted by atomic mass is 16.5. The third kappa shape index (κ3) is 3.01. The summed E-state index contributed by atoms with van der Waals surface area (Å²) >= 11 is 0. The summed E-state index contributed by atoms with van der Waals surface area (Å²) in [5, 5.41) is 0. The lowest BCUT2D eigenvalue weighted by atomic mass is 9.80. The fraction of sp³-hybridized carbons (Fsp3) is 1.00. The van der Waals surface area contributed by atoms with Crippen LogP contribution in [0.4, 0.5) is 0 Å². The molecule has 2 N–H and O–H groups in total. The minimum Gasteiger partial charge on any atom is -0.378 e. The largest absolute Gasteiger partial charge is 0.378 e. The van der Waals surface area contributed by atoms with Gasteiger partial charge in [0.05, 0.1) is 13.2 Å². The molecule has 0 amide bonds. The molecule has 0 aromatic heterocycles. The van der Waals surface area contributed by atoms with Crippen LogP contribution in [0, 0.1) is 5.92 Å². The zero-order chi connectivity index (χ0) is 12.3. The molecule has 0 spiro atoms.